The normalized spacial score (nSPS) is 15.1. The quantitative estimate of drug-likeness (QED) is 0.0630. The van der Waals surface area contributed by atoms with Crippen molar-refractivity contribution in [2.45, 2.75) is 144 Å². The summed E-state index contributed by atoms with van der Waals surface area (Å²) in [6.45, 7) is 22.8. The zero-order valence-corrected chi connectivity index (χ0v) is 55.3. The van der Waals surface area contributed by atoms with Crippen LogP contribution in [0.25, 0.3) is 32.7 Å². The Labute approximate surface area is 551 Å². The Morgan fingerprint density at radius 2 is 0.978 bits per heavy atom. The molecule has 3 aliphatic rings. The first-order chi connectivity index (χ1) is 43.3. The number of aromatic nitrogens is 3. The maximum absolute atomic E-state index is 12.9. The van der Waals surface area contributed by atoms with E-state index in [1.54, 1.807) is 24.1 Å². The number of nitrogens with zero attached hydrogens (tertiary/aromatic N) is 5. The molecular weight excluding hydrogens is 1190 g/mol. The van der Waals surface area contributed by atoms with Gasteiger partial charge in [0.15, 0.2) is 0 Å². The summed E-state index contributed by atoms with van der Waals surface area (Å²) in [5.41, 5.74) is 17.8. The molecule has 93 heavy (non-hydrogen) atoms. The number of carbonyl (C=O) groups is 6. The molecular formula is C75H88ClN7O10. The third-order valence-corrected chi connectivity index (χ3v) is 16.1. The Balaban J connectivity index is 0.000000179. The smallest absolute Gasteiger partial charge is 0.338 e. The third-order valence-electron chi connectivity index (χ3n) is 16.1. The average Bonchev–Trinajstić information content (AvgIpc) is 1.58. The summed E-state index contributed by atoms with van der Waals surface area (Å²) < 4.78 is 28.5. The molecule has 0 saturated carbocycles. The summed E-state index contributed by atoms with van der Waals surface area (Å²) in [4.78, 5) is 77.9. The van der Waals surface area contributed by atoms with Gasteiger partial charge in [0.2, 0.25) is 0 Å². The highest BCUT2D eigenvalue weighted by molar-refractivity contribution is 6.07. The standard InChI is InChI=1S/C26H27N3O4.C26H30N2O4.C22H26N2O2.CH4.ClH/c1-26(2,3)33-24(31)17-11-9-16(10-12-17)15-29-19-8-6-5-7-18(19)21-20(29)13-14-28-22(21)23(30)27(4)25(28)32;1-5-31-25(30)23-22-19-8-6-7-9-20(19)28(21(22)14-15-27-23)16-17-10-12-18(13-11-17)24(29)32-26(2,3)4;1-22(2,3)26-21(25)17-10-8-16(9-11-17)15-24-19(12-13-23)14-18-6-4-5-7-20(18)24;;/h5-12,22H,13-15H2,1-4H3;6-13,23,27H,5,14-16H2,1-4H3;4-11,14H,12-13,15,23H2,1-3H3;1H4;1H. The van der Waals surface area contributed by atoms with Gasteiger partial charge in [0.05, 0.1) is 23.3 Å². The van der Waals surface area contributed by atoms with Crippen molar-refractivity contribution in [2.75, 3.05) is 33.3 Å². The zero-order chi connectivity index (χ0) is 65.1. The number of hydrogen-bond acceptors (Lipinski definition) is 12. The van der Waals surface area contributed by atoms with Gasteiger partial charge in [-0.3, -0.25) is 9.69 Å². The number of urea groups is 1. The van der Waals surface area contributed by atoms with E-state index in [1.165, 1.54) is 21.5 Å². The molecule has 1 fully saturated rings. The fraction of sp³-hybridized carbons (Fsp3) is 0.360. The van der Waals surface area contributed by atoms with Gasteiger partial charge in [-0.2, -0.15) is 0 Å². The lowest BCUT2D eigenvalue weighted by Crippen LogP contribution is -2.36. The summed E-state index contributed by atoms with van der Waals surface area (Å²) in [6.07, 6.45) is 2.35. The lowest BCUT2D eigenvalue weighted by Gasteiger charge is -2.28. The fourth-order valence-corrected chi connectivity index (χ4v) is 12.2. The molecule has 0 bridgehead atoms. The SMILES string of the molecule is C.CC(C)(C)OC(=O)c1ccc(Cn2c(CCN)cc3ccccc32)cc1.CCOC(=O)C1NCCc2c1c1ccccc1n2Cc1ccc(C(=O)OC(C)(C)C)cc1.CN1C(=O)C2c3c(n(Cc4ccc(C(=O)OC(C)(C)C)cc4)c4ccccc34)CCN2C1=O.Cl. The number of para-hydroxylation sites is 3. The Bertz CT molecular complexity index is 4180. The number of nitrogens with one attached hydrogen (secondary N) is 1. The number of fused-ring (bicyclic) bond motifs is 9. The Morgan fingerprint density at radius 3 is 1.43 bits per heavy atom. The minimum Gasteiger partial charge on any atom is -0.465 e. The van der Waals surface area contributed by atoms with E-state index in [-0.39, 0.29) is 55.6 Å². The van der Waals surface area contributed by atoms with Gasteiger partial charge in [-0.1, -0.05) is 98.4 Å². The Kier molecular flexibility index (Phi) is 21.7. The minimum atomic E-state index is -0.563. The molecule has 3 amide bonds. The molecule has 490 valence electrons. The number of likely N-dealkylation sites (N-methyl/N-ethyl adjacent to an activating group) is 1. The molecule has 1 saturated heterocycles. The number of nitrogens with two attached hydrogens (primary N) is 1. The first kappa shape index (κ1) is 69.9. The second-order valence-corrected chi connectivity index (χ2v) is 26.3. The number of halogens is 1. The van der Waals surface area contributed by atoms with Gasteiger partial charge in [0.1, 0.15) is 28.9 Å². The van der Waals surface area contributed by atoms with Crippen LogP contribution in [0.1, 0.15) is 165 Å². The topological polar surface area (TPSA) is 199 Å². The van der Waals surface area contributed by atoms with Crippen LogP contribution in [0.3, 0.4) is 0 Å². The van der Waals surface area contributed by atoms with Crippen molar-refractivity contribution < 1.29 is 47.7 Å². The molecule has 18 heteroatoms. The molecule has 0 aliphatic carbocycles. The monoisotopic (exact) mass is 1280 g/mol. The molecule has 3 N–H and O–H groups in total. The van der Waals surface area contributed by atoms with Crippen molar-refractivity contribution >= 4 is 80.9 Å². The van der Waals surface area contributed by atoms with Gasteiger partial charge in [-0.05, 0) is 165 Å². The Hall–Kier alpha value is -9.03. The van der Waals surface area contributed by atoms with E-state index >= 15 is 0 Å². The maximum Gasteiger partial charge on any atom is 0.338 e. The number of ether oxygens (including phenoxy) is 4. The number of rotatable bonds is 13. The van der Waals surface area contributed by atoms with Crippen LogP contribution in [0.15, 0.2) is 152 Å². The van der Waals surface area contributed by atoms with Crippen molar-refractivity contribution in [1.29, 1.82) is 0 Å². The number of esters is 4. The Morgan fingerprint density at radius 1 is 0.559 bits per heavy atom. The molecule has 0 radical (unpaired) electrons. The minimum absolute atomic E-state index is 0. The van der Waals surface area contributed by atoms with E-state index in [0.29, 0.717) is 62.4 Å². The molecule has 2 unspecified atom stereocenters. The van der Waals surface area contributed by atoms with Gasteiger partial charge in [-0.15, -0.1) is 12.4 Å². The molecule has 6 heterocycles. The second kappa shape index (κ2) is 28.9. The molecule has 0 spiro atoms. The van der Waals surface area contributed by atoms with Gasteiger partial charge in [-0.25, -0.2) is 24.0 Å². The maximum atomic E-state index is 12.9. The number of hydrogen-bond donors (Lipinski definition) is 2. The van der Waals surface area contributed by atoms with Crippen molar-refractivity contribution in [3.63, 3.8) is 0 Å². The molecule has 9 aromatic rings. The second-order valence-electron chi connectivity index (χ2n) is 26.3. The van der Waals surface area contributed by atoms with Gasteiger partial charge in [0.25, 0.3) is 5.91 Å². The van der Waals surface area contributed by atoms with Gasteiger partial charge in [0, 0.05) is 108 Å². The van der Waals surface area contributed by atoms with E-state index in [2.05, 4.69) is 67.5 Å². The van der Waals surface area contributed by atoms with Crippen molar-refractivity contribution in [2.24, 2.45) is 5.73 Å². The van der Waals surface area contributed by atoms with Crippen LogP contribution < -0.4 is 11.1 Å². The van der Waals surface area contributed by atoms with Crippen molar-refractivity contribution in [3.8, 4) is 0 Å². The largest absolute Gasteiger partial charge is 0.465 e. The fourth-order valence-electron chi connectivity index (χ4n) is 12.2. The van der Waals surface area contributed by atoms with Crippen LogP contribution in [0, 0.1) is 0 Å². The lowest BCUT2D eigenvalue weighted by molar-refractivity contribution is -0.146. The van der Waals surface area contributed by atoms with Crippen LogP contribution >= 0.6 is 12.4 Å². The molecule has 3 aromatic heterocycles. The van der Waals surface area contributed by atoms with Gasteiger partial charge >= 0.3 is 29.9 Å². The summed E-state index contributed by atoms with van der Waals surface area (Å²) in [7, 11) is 1.55. The van der Waals surface area contributed by atoms with E-state index < -0.39 is 28.9 Å². The molecule has 3 aliphatic heterocycles. The highest BCUT2D eigenvalue weighted by Gasteiger charge is 2.48. The van der Waals surface area contributed by atoms with Crippen LogP contribution in [-0.4, -0.2) is 109 Å². The molecule has 17 nitrogen and oxygen atoms in total. The summed E-state index contributed by atoms with van der Waals surface area (Å²) in [5, 5.41) is 6.62. The van der Waals surface area contributed by atoms with Crippen LogP contribution in [0.4, 0.5) is 4.79 Å². The van der Waals surface area contributed by atoms with Crippen LogP contribution in [0.2, 0.25) is 0 Å². The summed E-state index contributed by atoms with van der Waals surface area (Å²) >= 11 is 0. The number of amides is 3. The highest BCUT2D eigenvalue weighted by Crippen LogP contribution is 2.42. The van der Waals surface area contributed by atoms with Gasteiger partial charge < -0.3 is 48.6 Å². The van der Waals surface area contributed by atoms with Crippen molar-refractivity contribution in [1.82, 2.24) is 28.8 Å². The molecule has 12 rings (SSSR count). The zero-order valence-electron chi connectivity index (χ0n) is 54.5. The predicted octanol–water partition coefficient (Wildman–Crippen LogP) is 13.7. The van der Waals surface area contributed by atoms with Crippen LogP contribution in [0.5, 0.6) is 0 Å². The van der Waals surface area contributed by atoms with Crippen molar-refractivity contribution in [3.05, 3.63) is 213 Å². The predicted molar refractivity (Wildman–Crippen MR) is 367 cm³/mol. The van der Waals surface area contributed by atoms with E-state index in [0.717, 1.165) is 80.4 Å². The molecule has 2 atom stereocenters. The van der Waals surface area contributed by atoms with E-state index in [9.17, 15) is 28.8 Å². The van der Waals surface area contributed by atoms with Crippen LogP contribution in [-0.2, 0) is 67.4 Å². The average molecular weight is 1280 g/mol. The summed E-state index contributed by atoms with van der Waals surface area (Å²) in [5.74, 6) is -1.37. The van der Waals surface area contributed by atoms with E-state index in [4.69, 9.17) is 24.7 Å². The highest BCUT2D eigenvalue weighted by atomic mass is 35.5. The third kappa shape index (κ3) is 15.7. The number of benzene rings is 6. The number of imide groups is 1. The van der Waals surface area contributed by atoms with E-state index in [1.807, 2.05) is 160 Å². The summed E-state index contributed by atoms with van der Waals surface area (Å²) in [6, 6.07) is 48.1. The first-order valence-corrected chi connectivity index (χ1v) is 31.2. The number of carbonyl (C=O) groups excluding carboxylic acids is 6. The first-order valence-electron chi connectivity index (χ1n) is 31.2. The molecule has 6 aromatic carbocycles. The lowest BCUT2D eigenvalue weighted by atomic mass is 9.96.